The molecule has 26 heavy (non-hydrogen) atoms. The first-order chi connectivity index (χ1) is 12.6. The summed E-state index contributed by atoms with van der Waals surface area (Å²) in [4.78, 5) is 21.9. The molecule has 0 spiro atoms. The van der Waals surface area contributed by atoms with E-state index in [1.54, 1.807) is 6.07 Å². The average Bonchev–Trinajstić information content (AvgIpc) is 2.68. The van der Waals surface area contributed by atoms with Crippen LogP contribution < -0.4 is 4.90 Å². The molecule has 0 atom stereocenters. The largest absolute Gasteiger partial charge is 0.357 e. The first-order valence-electron chi connectivity index (χ1n) is 8.57. The van der Waals surface area contributed by atoms with Gasteiger partial charge in [0.1, 0.15) is 5.82 Å². The summed E-state index contributed by atoms with van der Waals surface area (Å²) < 4.78 is 13.0. The number of carbonyl (C=O) groups is 1. The van der Waals surface area contributed by atoms with Gasteiger partial charge in [-0.25, -0.2) is 9.97 Å². The van der Waals surface area contributed by atoms with Crippen molar-refractivity contribution in [3.05, 3.63) is 54.6 Å². The van der Waals surface area contributed by atoms with Crippen LogP contribution >= 0.6 is 11.6 Å². The van der Waals surface area contributed by atoms with Gasteiger partial charge in [-0.15, -0.1) is 0 Å². The van der Waals surface area contributed by atoms with Crippen LogP contribution in [0.1, 0.15) is 12.8 Å². The molecule has 0 radical (unpaired) electrons. The summed E-state index contributed by atoms with van der Waals surface area (Å²) in [5.74, 6) is 0.384. The summed E-state index contributed by atoms with van der Waals surface area (Å²) in [6, 6.07) is 13.1. The molecule has 3 heterocycles. The Morgan fingerprint density at radius 3 is 2.54 bits per heavy atom. The second kappa shape index (κ2) is 7.00. The highest BCUT2D eigenvalue weighted by atomic mass is 35.5. The Hall–Kier alpha value is -2.53. The molecule has 0 bridgehead atoms. The smallest absolute Gasteiger partial charge is 0.224 e. The summed E-state index contributed by atoms with van der Waals surface area (Å²) in [5, 5.41) is 0.778. The van der Waals surface area contributed by atoms with Crippen molar-refractivity contribution in [3.63, 3.8) is 0 Å². The van der Waals surface area contributed by atoms with Crippen molar-refractivity contribution in [2.45, 2.75) is 12.8 Å². The van der Waals surface area contributed by atoms with Crippen LogP contribution in [-0.2, 0) is 4.79 Å². The van der Waals surface area contributed by atoms with E-state index in [1.807, 2.05) is 30.3 Å². The Labute approximate surface area is 155 Å². The maximum Gasteiger partial charge on any atom is 0.224 e. The van der Waals surface area contributed by atoms with E-state index in [9.17, 15) is 9.18 Å². The maximum atomic E-state index is 13.0. The van der Waals surface area contributed by atoms with Gasteiger partial charge in [-0.05, 0) is 66.4 Å². The molecular weight excluding hydrogens is 353 g/mol. The zero-order valence-corrected chi connectivity index (χ0v) is 14.8. The van der Waals surface area contributed by atoms with E-state index in [2.05, 4.69) is 9.88 Å². The van der Waals surface area contributed by atoms with Gasteiger partial charge in [0.15, 0.2) is 0 Å². The minimum atomic E-state index is -0.486. The molecule has 0 aliphatic carbocycles. The predicted molar refractivity (Wildman–Crippen MR) is 101 cm³/mol. The Morgan fingerprint density at radius 1 is 1.08 bits per heavy atom. The van der Waals surface area contributed by atoms with Gasteiger partial charge in [-0.3, -0.25) is 4.79 Å². The highest BCUT2D eigenvalue weighted by Gasteiger charge is 2.24. The Balaban J connectivity index is 1.58. The van der Waals surface area contributed by atoms with Gasteiger partial charge in [-0.2, -0.15) is 4.39 Å². The van der Waals surface area contributed by atoms with Gasteiger partial charge in [-0.1, -0.05) is 6.07 Å². The molecule has 3 aromatic rings. The number of piperidine rings is 1. The van der Waals surface area contributed by atoms with Gasteiger partial charge >= 0.3 is 0 Å². The standard InChI is InChI=1S/C20H17ClFN3O/c21-20(26)13-7-9-25(10-8-13)19-6-3-15-11-14(1-4-17(15)24-19)16-2-5-18(22)23-12-16/h1-6,11-13H,7-10H2. The number of nitrogens with zero attached hydrogens (tertiary/aromatic N) is 3. The number of pyridine rings is 2. The topological polar surface area (TPSA) is 46.1 Å². The van der Waals surface area contributed by atoms with Gasteiger partial charge < -0.3 is 4.90 Å². The second-order valence-electron chi connectivity index (χ2n) is 6.51. The van der Waals surface area contributed by atoms with Gasteiger partial charge in [0.25, 0.3) is 0 Å². The lowest BCUT2D eigenvalue weighted by molar-refractivity contribution is -0.115. The molecule has 0 saturated carbocycles. The molecule has 1 fully saturated rings. The van der Waals surface area contributed by atoms with E-state index in [-0.39, 0.29) is 11.2 Å². The van der Waals surface area contributed by atoms with Crippen LogP contribution in [0, 0.1) is 11.9 Å². The highest BCUT2D eigenvalue weighted by molar-refractivity contribution is 6.64. The minimum Gasteiger partial charge on any atom is -0.357 e. The number of rotatable bonds is 3. The molecule has 1 saturated heterocycles. The molecule has 6 heteroatoms. The summed E-state index contributed by atoms with van der Waals surface area (Å²) in [6.07, 6.45) is 3.05. The number of hydrogen-bond donors (Lipinski definition) is 0. The molecule has 0 amide bonds. The second-order valence-corrected chi connectivity index (χ2v) is 6.88. The predicted octanol–water partition coefficient (Wildman–Crippen LogP) is 4.42. The summed E-state index contributed by atoms with van der Waals surface area (Å²) in [6.45, 7) is 1.56. The molecule has 0 unspecified atom stereocenters. The van der Waals surface area contributed by atoms with Crippen LogP contribution in [0.2, 0.25) is 0 Å². The summed E-state index contributed by atoms with van der Waals surface area (Å²) in [7, 11) is 0. The third-order valence-electron chi connectivity index (χ3n) is 4.88. The van der Waals surface area contributed by atoms with E-state index in [4.69, 9.17) is 16.6 Å². The van der Waals surface area contributed by atoms with Crippen molar-refractivity contribution in [2.75, 3.05) is 18.0 Å². The Morgan fingerprint density at radius 2 is 1.85 bits per heavy atom. The summed E-state index contributed by atoms with van der Waals surface area (Å²) in [5.41, 5.74) is 2.74. The van der Waals surface area contributed by atoms with E-state index < -0.39 is 5.95 Å². The van der Waals surface area contributed by atoms with E-state index in [0.717, 1.165) is 53.8 Å². The van der Waals surface area contributed by atoms with Crippen molar-refractivity contribution >= 4 is 33.6 Å². The molecule has 1 aliphatic rings. The third kappa shape index (κ3) is 3.40. The van der Waals surface area contributed by atoms with Crippen molar-refractivity contribution < 1.29 is 9.18 Å². The van der Waals surface area contributed by atoms with E-state index in [0.29, 0.717) is 0 Å². The number of benzene rings is 1. The third-order valence-corrected chi connectivity index (χ3v) is 5.18. The molecule has 4 nitrogen and oxygen atoms in total. The zero-order chi connectivity index (χ0) is 18.1. The number of fused-ring (bicyclic) bond motifs is 1. The van der Waals surface area contributed by atoms with Crippen LogP contribution in [0.3, 0.4) is 0 Å². The van der Waals surface area contributed by atoms with E-state index in [1.165, 1.54) is 12.3 Å². The van der Waals surface area contributed by atoms with Crippen molar-refractivity contribution in [1.82, 2.24) is 9.97 Å². The molecular formula is C20H17ClFN3O. The maximum absolute atomic E-state index is 13.0. The molecule has 2 aromatic heterocycles. The highest BCUT2D eigenvalue weighted by Crippen LogP contribution is 2.27. The average molecular weight is 370 g/mol. The van der Waals surface area contributed by atoms with Crippen LogP contribution in [0.25, 0.3) is 22.0 Å². The fourth-order valence-corrected chi connectivity index (χ4v) is 3.57. The summed E-state index contributed by atoms with van der Waals surface area (Å²) >= 11 is 5.60. The molecule has 4 rings (SSSR count). The van der Waals surface area contributed by atoms with Gasteiger partial charge in [0.2, 0.25) is 11.2 Å². The molecule has 0 N–H and O–H groups in total. The Kier molecular flexibility index (Phi) is 4.55. The lowest BCUT2D eigenvalue weighted by atomic mass is 9.98. The lowest BCUT2D eigenvalue weighted by Gasteiger charge is -2.31. The van der Waals surface area contributed by atoms with Gasteiger partial charge in [0.05, 0.1) is 5.52 Å². The SMILES string of the molecule is O=C(Cl)C1CCN(c2ccc3cc(-c4ccc(F)nc4)ccc3n2)CC1. The fourth-order valence-electron chi connectivity index (χ4n) is 3.35. The Bertz CT molecular complexity index is 953. The van der Waals surface area contributed by atoms with Crippen molar-refractivity contribution in [2.24, 2.45) is 5.92 Å². The molecule has 132 valence electrons. The van der Waals surface area contributed by atoms with Crippen LogP contribution in [-0.4, -0.2) is 28.3 Å². The fraction of sp³-hybridized carbons (Fsp3) is 0.250. The monoisotopic (exact) mass is 369 g/mol. The van der Waals surface area contributed by atoms with Crippen molar-refractivity contribution in [3.8, 4) is 11.1 Å². The number of aromatic nitrogens is 2. The van der Waals surface area contributed by atoms with Crippen molar-refractivity contribution in [1.29, 1.82) is 0 Å². The zero-order valence-electron chi connectivity index (χ0n) is 14.0. The normalized spacial score (nSPS) is 15.4. The van der Waals surface area contributed by atoms with Crippen LogP contribution in [0.15, 0.2) is 48.7 Å². The first kappa shape index (κ1) is 16.9. The van der Waals surface area contributed by atoms with Gasteiger partial charge in [0, 0.05) is 36.2 Å². The van der Waals surface area contributed by atoms with Crippen LogP contribution in [0.5, 0.6) is 0 Å². The quantitative estimate of drug-likeness (QED) is 0.506. The number of carbonyl (C=O) groups excluding carboxylic acids is 1. The van der Waals surface area contributed by atoms with E-state index >= 15 is 0 Å². The number of halogens is 2. The first-order valence-corrected chi connectivity index (χ1v) is 8.95. The lowest BCUT2D eigenvalue weighted by Crippen LogP contribution is -2.35. The minimum absolute atomic E-state index is 0.0414. The van der Waals surface area contributed by atoms with Crippen LogP contribution in [0.4, 0.5) is 10.2 Å². The molecule has 1 aromatic carbocycles. The molecule has 1 aliphatic heterocycles. The number of hydrogen-bond acceptors (Lipinski definition) is 4. The number of anilines is 1.